The molecule has 0 aliphatic carbocycles. The highest BCUT2D eigenvalue weighted by Crippen LogP contribution is 2.34. The molecule has 64 valence electrons. The summed E-state index contributed by atoms with van der Waals surface area (Å²) < 4.78 is 0.687. The minimum Gasteiger partial charge on any atom is -0.516 e. The molecule has 0 bridgehead atoms. The van der Waals surface area contributed by atoms with Crippen LogP contribution in [0.3, 0.4) is 0 Å². The van der Waals surface area contributed by atoms with Crippen molar-refractivity contribution in [3.63, 3.8) is 0 Å². The molecule has 0 aromatic rings. The van der Waals surface area contributed by atoms with E-state index in [1.165, 1.54) is 24.2 Å². The van der Waals surface area contributed by atoms with Gasteiger partial charge in [0.05, 0.1) is 10.8 Å². The average molecular weight is 190 g/mol. The first-order valence-electron chi connectivity index (χ1n) is 3.86. The Bertz CT molecular complexity index is 139. The van der Waals surface area contributed by atoms with Crippen molar-refractivity contribution in [2.24, 2.45) is 0 Å². The van der Waals surface area contributed by atoms with Crippen LogP contribution < -0.4 is 0 Å². The summed E-state index contributed by atoms with van der Waals surface area (Å²) in [5.41, 5.74) is 1.09. The van der Waals surface area contributed by atoms with E-state index < -0.39 is 0 Å². The fraction of sp³-hybridized carbons (Fsp3) is 0.750. The van der Waals surface area contributed by atoms with Gasteiger partial charge in [0.1, 0.15) is 0 Å². The highest BCUT2D eigenvalue weighted by Gasteiger charge is 2.14. The van der Waals surface area contributed by atoms with E-state index in [0.717, 1.165) is 12.0 Å². The van der Waals surface area contributed by atoms with Gasteiger partial charge >= 0.3 is 0 Å². The van der Waals surface area contributed by atoms with Crippen LogP contribution in [-0.2, 0) is 0 Å². The van der Waals surface area contributed by atoms with Crippen molar-refractivity contribution >= 4 is 23.5 Å². The number of hydrogen-bond acceptors (Lipinski definition) is 3. The van der Waals surface area contributed by atoms with Crippen molar-refractivity contribution in [2.45, 2.75) is 24.3 Å². The molecule has 0 aromatic carbocycles. The molecule has 3 heteroatoms. The Balaban J connectivity index is 2.24. The lowest BCUT2D eigenvalue weighted by Crippen LogP contribution is -2.06. The van der Waals surface area contributed by atoms with Crippen LogP contribution in [-0.4, -0.2) is 21.2 Å². The van der Waals surface area contributed by atoms with Gasteiger partial charge in [0.15, 0.2) is 0 Å². The summed E-state index contributed by atoms with van der Waals surface area (Å²) in [4.78, 5) is 0. The summed E-state index contributed by atoms with van der Waals surface area (Å²) in [5.74, 6) is 2.58. The van der Waals surface area contributed by atoms with Crippen LogP contribution in [0.1, 0.15) is 19.8 Å². The number of thioether (sulfide) groups is 2. The smallest absolute Gasteiger partial charge is 0.0781 e. The monoisotopic (exact) mass is 190 g/mol. The van der Waals surface area contributed by atoms with Crippen LogP contribution in [0.15, 0.2) is 11.8 Å². The lowest BCUT2D eigenvalue weighted by atomic mass is 10.3. The van der Waals surface area contributed by atoms with E-state index in [0.29, 0.717) is 4.58 Å². The molecular formula is C8H14OS2. The first kappa shape index (κ1) is 9.33. The van der Waals surface area contributed by atoms with Crippen molar-refractivity contribution in [1.82, 2.24) is 0 Å². The van der Waals surface area contributed by atoms with Gasteiger partial charge in [-0.05, 0) is 36.8 Å². The highest BCUT2D eigenvalue weighted by atomic mass is 32.2. The zero-order valence-electron chi connectivity index (χ0n) is 6.75. The molecule has 0 atom stereocenters. The quantitative estimate of drug-likeness (QED) is 0.676. The van der Waals surface area contributed by atoms with Gasteiger partial charge in [0, 0.05) is 0 Å². The standard InChI is InChI=1S/C8H14OS2/c1-7(6-9)5-8-10-3-2-4-11-8/h6,8-9H,2-5H2,1H3/b7-6+. The fourth-order valence-corrected chi connectivity index (χ4v) is 4.02. The molecule has 0 unspecified atom stereocenters. The predicted molar refractivity (Wildman–Crippen MR) is 54.3 cm³/mol. The molecule has 1 N–H and O–H groups in total. The minimum atomic E-state index is 0.687. The minimum absolute atomic E-state index is 0.687. The maximum atomic E-state index is 8.68. The summed E-state index contributed by atoms with van der Waals surface area (Å²) in [6, 6.07) is 0. The largest absolute Gasteiger partial charge is 0.516 e. The first-order valence-corrected chi connectivity index (χ1v) is 5.95. The van der Waals surface area contributed by atoms with E-state index in [-0.39, 0.29) is 0 Å². The van der Waals surface area contributed by atoms with Crippen LogP contribution in [0.5, 0.6) is 0 Å². The normalized spacial score (nSPS) is 22.1. The summed E-state index contributed by atoms with van der Waals surface area (Å²) >= 11 is 4.04. The van der Waals surface area contributed by atoms with Crippen LogP contribution in [0.2, 0.25) is 0 Å². The van der Waals surface area contributed by atoms with Gasteiger partial charge in [0.2, 0.25) is 0 Å². The molecule has 1 heterocycles. The van der Waals surface area contributed by atoms with Crippen molar-refractivity contribution in [3.05, 3.63) is 11.8 Å². The number of hydrogen-bond donors (Lipinski definition) is 1. The van der Waals surface area contributed by atoms with E-state index >= 15 is 0 Å². The van der Waals surface area contributed by atoms with E-state index in [9.17, 15) is 0 Å². The van der Waals surface area contributed by atoms with Gasteiger partial charge in [-0.25, -0.2) is 0 Å². The summed E-state index contributed by atoms with van der Waals surface area (Å²) in [7, 11) is 0. The Morgan fingerprint density at radius 3 is 2.73 bits per heavy atom. The average Bonchev–Trinajstić information content (AvgIpc) is 2.06. The number of rotatable bonds is 2. The van der Waals surface area contributed by atoms with Gasteiger partial charge in [-0.1, -0.05) is 0 Å². The maximum absolute atomic E-state index is 8.68. The molecule has 11 heavy (non-hydrogen) atoms. The molecule has 1 saturated heterocycles. The molecule has 1 fully saturated rings. The lowest BCUT2D eigenvalue weighted by Gasteiger charge is -2.20. The number of aliphatic hydroxyl groups excluding tert-OH is 1. The Hall–Kier alpha value is 0.240. The second-order valence-corrected chi connectivity index (χ2v) is 5.62. The third-order valence-electron chi connectivity index (χ3n) is 1.61. The molecular weight excluding hydrogens is 176 g/mol. The second kappa shape index (κ2) is 4.99. The Labute approximate surface area is 76.6 Å². The molecule has 1 nitrogen and oxygen atoms in total. The van der Waals surface area contributed by atoms with E-state index in [1.807, 2.05) is 30.4 Å². The SMILES string of the molecule is C/C(=C\O)CC1SCCCS1. The predicted octanol–water partition coefficient (Wildman–Crippen LogP) is 3.03. The van der Waals surface area contributed by atoms with Gasteiger partial charge in [-0.2, -0.15) is 0 Å². The Morgan fingerprint density at radius 2 is 2.18 bits per heavy atom. The van der Waals surface area contributed by atoms with Crippen molar-refractivity contribution < 1.29 is 5.11 Å². The first-order chi connectivity index (χ1) is 5.33. The van der Waals surface area contributed by atoms with Crippen molar-refractivity contribution in [1.29, 1.82) is 0 Å². The summed E-state index contributed by atoms with van der Waals surface area (Å²) in [5, 5.41) is 8.68. The zero-order valence-corrected chi connectivity index (χ0v) is 8.38. The topological polar surface area (TPSA) is 20.2 Å². The van der Waals surface area contributed by atoms with E-state index in [4.69, 9.17) is 5.11 Å². The molecule has 0 radical (unpaired) electrons. The molecule has 0 amide bonds. The number of allylic oxidation sites excluding steroid dienone is 1. The third-order valence-corrected chi connectivity index (χ3v) is 4.55. The maximum Gasteiger partial charge on any atom is 0.0781 e. The van der Waals surface area contributed by atoms with Crippen LogP contribution in [0, 0.1) is 0 Å². The summed E-state index contributed by atoms with van der Waals surface area (Å²) in [6.45, 7) is 1.98. The van der Waals surface area contributed by atoms with Gasteiger partial charge in [-0.15, -0.1) is 23.5 Å². The zero-order chi connectivity index (χ0) is 8.10. The third kappa shape index (κ3) is 3.43. The van der Waals surface area contributed by atoms with Crippen molar-refractivity contribution in [3.8, 4) is 0 Å². The van der Waals surface area contributed by atoms with Gasteiger partial charge < -0.3 is 5.11 Å². The molecule has 0 spiro atoms. The molecule has 1 aliphatic heterocycles. The fourth-order valence-electron chi connectivity index (χ4n) is 0.970. The number of aliphatic hydroxyl groups is 1. The van der Waals surface area contributed by atoms with E-state index in [1.54, 1.807) is 0 Å². The Morgan fingerprint density at radius 1 is 1.55 bits per heavy atom. The van der Waals surface area contributed by atoms with Crippen LogP contribution in [0.4, 0.5) is 0 Å². The Kier molecular flexibility index (Phi) is 4.23. The van der Waals surface area contributed by atoms with E-state index in [2.05, 4.69) is 0 Å². The molecule has 1 rings (SSSR count). The van der Waals surface area contributed by atoms with Crippen molar-refractivity contribution in [2.75, 3.05) is 11.5 Å². The van der Waals surface area contributed by atoms with Crippen LogP contribution in [0.25, 0.3) is 0 Å². The lowest BCUT2D eigenvalue weighted by molar-refractivity contribution is 0.465. The van der Waals surface area contributed by atoms with Crippen LogP contribution >= 0.6 is 23.5 Å². The molecule has 1 aliphatic rings. The molecule has 0 saturated carbocycles. The summed E-state index contributed by atoms with van der Waals surface area (Å²) in [6.07, 6.45) is 3.61. The van der Waals surface area contributed by atoms with Gasteiger partial charge in [0.25, 0.3) is 0 Å². The highest BCUT2D eigenvalue weighted by molar-refractivity contribution is 8.17. The second-order valence-electron chi connectivity index (χ2n) is 2.70. The van der Waals surface area contributed by atoms with Gasteiger partial charge in [-0.3, -0.25) is 0 Å². The molecule has 0 aromatic heterocycles.